The third kappa shape index (κ3) is 6.79. The van der Waals surface area contributed by atoms with Crippen LogP contribution in [0.3, 0.4) is 0 Å². The summed E-state index contributed by atoms with van der Waals surface area (Å²) < 4.78 is 0. The highest BCUT2D eigenvalue weighted by atomic mass is 32.2. The average Bonchev–Trinajstić information content (AvgIpc) is 2.13. The molecule has 3 N–H and O–H groups in total. The van der Waals surface area contributed by atoms with E-state index in [1.165, 1.54) is 0 Å². The van der Waals surface area contributed by atoms with Crippen LogP contribution >= 0.6 is 11.8 Å². The van der Waals surface area contributed by atoms with Crippen molar-refractivity contribution in [3.63, 3.8) is 0 Å². The van der Waals surface area contributed by atoms with E-state index in [-0.39, 0.29) is 17.5 Å². The van der Waals surface area contributed by atoms with Crippen molar-refractivity contribution in [1.29, 1.82) is 0 Å². The zero-order chi connectivity index (χ0) is 11.9. The predicted octanol–water partition coefficient (Wildman–Crippen LogP) is 1.76. The van der Waals surface area contributed by atoms with Gasteiger partial charge in [-0.3, -0.25) is 4.79 Å². The number of carbonyl (C=O) groups is 1. The average molecular weight is 232 g/mol. The highest BCUT2D eigenvalue weighted by Gasteiger charge is 2.22. The first-order valence-electron chi connectivity index (χ1n) is 5.49. The van der Waals surface area contributed by atoms with Gasteiger partial charge in [0.25, 0.3) is 0 Å². The lowest BCUT2D eigenvalue weighted by Gasteiger charge is -2.27. The van der Waals surface area contributed by atoms with E-state index in [0.29, 0.717) is 0 Å². The number of nitrogens with two attached hydrogens (primary N) is 1. The van der Waals surface area contributed by atoms with Gasteiger partial charge in [0.2, 0.25) is 5.91 Å². The Balaban J connectivity index is 4.00. The van der Waals surface area contributed by atoms with Gasteiger partial charge in [-0.05, 0) is 38.7 Å². The molecule has 15 heavy (non-hydrogen) atoms. The largest absolute Gasteiger partial charge is 0.350 e. The van der Waals surface area contributed by atoms with Crippen molar-refractivity contribution in [3.8, 4) is 0 Å². The summed E-state index contributed by atoms with van der Waals surface area (Å²) in [7, 11) is 0. The highest BCUT2D eigenvalue weighted by molar-refractivity contribution is 7.98. The summed E-state index contributed by atoms with van der Waals surface area (Å²) in [5.74, 6) is 0.908. The predicted molar refractivity (Wildman–Crippen MR) is 68.1 cm³/mol. The Labute approximate surface area is 97.6 Å². The minimum absolute atomic E-state index is 0.0255. The summed E-state index contributed by atoms with van der Waals surface area (Å²) in [6.07, 6.45) is 4.81. The molecule has 3 nitrogen and oxygen atoms in total. The topological polar surface area (TPSA) is 55.1 Å². The van der Waals surface area contributed by atoms with Crippen LogP contribution in [0.4, 0.5) is 0 Å². The highest BCUT2D eigenvalue weighted by Crippen LogP contribution is 2.11. The number of nitrogens with one attached hydrogen (secondary N) is 1. The fourth-order valence-corrected chi connectivity index (χ4v) is 1.98. The molecule has 0 saturated heterocycles. The maximum Gasteiger partial charge on any atom is 0.237 e. The van der Waals surface area contributed by atoms with Gasteiger partial charge in [0.1, 0.15) is 0 Å². The quantitative estimate of drug-likeness (QED) is 0.703. The van der Waals surface area contributed by atoms with Gasteiger partial charge < -0.3 is 11.1 Å². The smallest absolute Gasteiger partial charge is 0.237 e. The molecule has 0 bridgehead atoms. The van der Waals surface area contributed by atoms with Gasteiger partial charge in [-0.15, -0.1) is 0 Å². The minimum Gasteiger partial charge on any atom is -0.350 e. The molecule has 0 heterocycles. The SMILES string of the molecule is CCCC(C)(C)NC(=O)[C@@H](N)CCSC. The molecule has 0 rings (SSSR count). The zero-order valence-corrected chi connectivity index (χ0v) is 11.1. The van der Waals surface area contributed by atoms with E-state index < -0.39 is 0 Å². The molecular formula is C11H24N2OS. The second kappa shape index (κ2) is 7.12. The summed E-state index contributed by atoms with van der Waals surface area (Å²) in [6, 6.07) is -0.367. The molecule has 0 aliphatic rings. The van der Waals surface area contributed by atoms with Gasteiger partial charge >= 0.3 is 0 Å². The fourth-order valence-electron chi connectivity index (χ4n) is 1.49. The van der Waals surface area contributed by atoms with Gasteiger partial charge in [-0.25, -0.2) is 0 Å². The molecule has 0 aromatic rings. The fraction of sp³-hybridized carbons (Fsp3) is 0.909. The summed E-state index contributed by atoms with van der Waals surface area (Å²) in [5, 5.41) is 2.99. The van der Waals surface area contributed by atoms with E-state index in [1.807, 2.05) is 20.1 Å². The lowest BCUT2D eigenvalue weighted by Crippen LogP contribution is -2.50. The van der Waals surface area contributed by atoms with Crippen LogP contribution in [0.25, 0.3) is 0 Å². The number of hydrogen-bond acceptors (Lipinski definition) is 3. The molecule has 0 aromatic carbocycles. The van der Waals surface area contributed by atoms with E-state index in [2.05, 4.69) is 12.2 Å². The minimum atomic E-state index is -0.367. The van der Waals surface area contributed by atoms with Crippen LogP contribution in [0, 0.1) is 0 Å². The van der Waals surface area contributed by atoms with Crippen molar-refractivity contribution in [2.24, 2.45) is 5.73 Å². The van der Waals surface area contributed by atoms with Crippen molar-refractivity contribution in [3.05, 3.63) is 0 Å². The van der Waals surface area contributed by atoms with E-state index >= 15 is 0 Å². The van der Waals surface area contributed by atoms with Crippen LogP contribution in [0.5, 0.6) is 0 Å². The third-order valence-corrected chi connectivity index (χ3v) is 2.95. The Hall–Kier alpha value is -0.220. The maximum atomic E-state index is 11.7. The third-order valence-electron chi connectivity index (χ3n) is 2.31. The van der Waals surface area contributed by atoms with Crippen molar-refractivity contribution in [1.82, 2.24) is 5.32 Å². The maximum absolute atomic E-state index is 11.7. The Morgan fingerprint density at radius 3 is 2.60 bits per heavy atom. The van der Waals surface area contributed by atoms with Gasteiger partial charge in [0, 0.05) is 5.54 Å². The van der Waals surface area contributed by atoms with Crippen LogP contribution in [0.2, 0.25) is 0 Å². The number of hydrogen-bond donors (Lipinski definition) is 2. The Morgan fingerprint density at radius 2 is 2.13 bits per heavy atom. The Bertz CT molecular complexity index is 195. The van der Waals surface area contributed by atoms with Crippen LogP contribution in [0.1, 0.15) is 40.0 Å². The second-order valence-corrected chi connectivity index (χ2v) is 5.50. The lowest BCUT2D eigenvalue weighted by atomic mass is 9.98. The molecule has 0 radical (unpaired) electrons. The van der Waals surface area contributed by atoms with Crippen LogP contribution in [-0.4, -0.2) is 29.5 Å². The van der Waals surface area contributed by atoms with E-state index in [9.17, 15) is 4.79 Å². The van der Waals surface area contributed by atoms with Crippen LogP contribution in [0.15, 0.2) is 0 Å². The number of carbonyl (C=O) groups excluding carboxylic acids is 1. The first-order chi connectivity index (χ1) is 6.93. The molecule has 0 aliphatic carbocycles. The first kappa shape index (κ1) is 14.8. The summed E-state index contributed by atoms with van der Waals surface area (Å²) >= 11 is 1.72. The normalized spacial score (nSPS) is 13.7. The van der Waals surface area contributed by atoms with E-state index in [1.54, 1.807) is 11.8 Å². The summed E-state index contributed by atoms with van der Waals surface area (Å²) in [6.45, 7) is 6.19. The Kier molecular flexibility index (Phi) is 7.02. The molecule has 1 atom stereocenters. The van der Waals surface area contributed by atoms with Crippen molar-refractivity contribution in [2.75, 3.05) is 12.0 Å². The lowest BCUT2D eigenvalue weighted by molar-refractivity contribution is -0.124. The molecule has 0 aliphatic heterocycles. The second-order valence-electron chi connectivity index (χ2n) is 4.51. The molecule has 4 heteroatoms. The van der Waals surface area contributed by atoms with Crippen molar-refractivity contribution < 1.29 is 4.79 Å². The first-order valence-corrected chi connectivity index (χ1v) is 6.89. The molecule has 0 aromatic heterocycles. The molecule has 1 amide bonds. The van der Waals surface area contributed by atoms with E-state index in [0.717, 1.165) is 25.0 Å². The molecule has 0 fully saturated rings. The zero-order valence-electron chi connectivity index (χ0n) is 10.3. The Morgan fingerprint density at radius 1 is 1.53 bits per heavy atom. The standard InChI is InChI=1S/C11H24N2OS/c1-5-7-11(2,3)13-10(14)9(12)6-8-15-4/h9H,5-8,12H2,1-4H3,(H,13,14)/t9-/m0/s1. The van der Waals surface area contributed by atoms with Crippen LogP contribution in [-0.2, 0) is 4.79 Å². The monoisotopic (exact) mass is 232 g/mol. The molecular weight excluding hydrogens is 208 g/mol. The summed E-state index contributed by atoms with van der Waals surface area (Å²) in [4.78, 5) is 11.7. The molecule has 0 unspecified atom stereocenters. The molecule has 0 saturated carbocycles. The summed E-state index contributed by atoms with van der Waals surface area (Å²) in [5.41, 5.74) is 5.65. The molecule has 0 spiro atoms. The van der Waals surface area contributed by atoms with Gasteiger partial charge in [0.05, 0.1) is 6.04 Å². The molecule has 90 valence electrons. The van der Waals surface area contributed by atoms with Crippen molar-refractivity contribution >= 4 is 17.7 Å². The van der Waals surface area contributed by atoms with Crippen LogP contribution < -0.4 is 11.1 Å². The van der Waals surface area contributed by atoms with Gasteiger partial charge in [-0.2, -0.15) is 11.8 Å². The number of thioether (sulfide) groups is 1. The van der Waals surface area contributed by atoms with Gasteiger partial charge in [0.15, 0.2) is 0 Å². The van der Waals surface area contributed by atoms with Crippen molar-refractivity contribution in [2.45, 2.75) is 51.6 Å². The van der Waals surface area contributed by atoms with Gasteiger partial charge in [-0.1, -0.05) is 13.3 Å². The number of rotatable bonds is 7. The number of amides is 1. The van der Waals surface area contributed by atoms with E-state index in [4.69, 9.17) is 5.73 Å².